The Kier molecular flexibility index (Phi) is 9.57. The molecule has 0 bridgehead atoms. The van der Waals surface area contributed by atoms with Gasteiger partial charge in [0.25, 0.3) is 5.91 Å². The van der Waals surface area contributed by atoms with E-state index in [2.05, 4.69) is 24.9 Å². The molecule has 1 N–H and O–H groups in total. The van der Waals surface area contributed by atoms with Crippen LogP contribution >= 0.6 is 11.6 Å². The van der Waals surface area contributed by atoms with Crippen LogP contribution in [0.3, 0.4) is 0 Å². The molecule has 1 aliphatic heterocycles. The molecule has 2 fully saturated rings. The molecule has 3 aromatic heterocycles. The Morgan fingerprint density at radius 2 is 1.83 bits per heavy atom. The number of hydrogen-bond donors (Lipinski definition) is 1. The number of aromatic hydroxyl groups is 1. The van der Waals surface area contributed by atoms with Crippen molar-refractivity contribution in [3.05, 3.63) is 63.8 Å². The number of phenolic OH excluding ortho intramolecular Hbond substituents is 1. The number of piperazine rings is 1. The number of ether oxygens (including phenoxy) is 1. The summed E-state index contributed by atoms with van der Waals surface area (Å²) in [7, 11) is 1.39. The molecule has 4 aromatic rings. The van der Waals surface area contributed by atoms with Gasteiger partial charge in [0.05, 0.1) is 24.3 Å². The standard InChI is InChI=1S/C30H28ClF2N7O3.C2H3N/c1-15-10-18(36-16(2)35-15)11-23(32)29(42)40-8-6-39(7-9-40)28-21-14-34-26(25(33)27(21)37-30(38-28)43-3)20-12-19(41)13-22(31)24(20)17-4-5-17;1-2-3/h10-14,17,41H,4-9H2,1-3H3;1H3/b23-11-;. The number of anilines is 1. The van der Waals surface area contributed by atoms with Gasteiger partial charge in [-0.3, -0.25) is 9.78 Å². The summed E-state index contributed by atoms with van der Waals surface area (Å²) in [5.74, 6) is -1.41. The highest BCUT2D eigenvalue weighted by atomic mass is 35.5. The van der Waals surface area contributed by atoms with Crippen molar-refractivity contribution in [2.24, 2.45) is 0 Å². The van der Waals surface area contributed by atoms with Crippen LogP contribution < -0.4 is 9.64 Å². The lowest BCUT2D eigenvalue weighted by Crippen LogP contribution is -2.49. The zero-order valence-corrected chi connectivity index (χ0v) is 26.4. The van der Waals surface area contributed by atoms with E-state index in [1.165, 1.54) is 37.3 Å². The van der Waals surface area contributed by atoms with E-state index in [9.17, 15) is 14.3 Å². The first-order valence-electron chi connectivity index (χ1n) is 14.5. The van der Waals surface area contributed by atoms with Crippen molar-refractivity contribution in [3.8, 4) is 29.1 Å². The number of benzene rings is 1. The van der Waals surface area contributed by atoms with Crippen molar-refractivity contribution in [2.75, 3.05) is 38.2 Å². The van der Waals surface area contributed by atoms with E-state index in [-0.39, 0.29) is 42.0 Å². The Morgan fingerprint density at radius 3 is 2.46 bits per heavy atom. The van der Waals surface area contributed by atoms with Crippen LogP contribution in [0.5, 0.6) is 11.8 Å². The van der Waals surface area contributed by atoms with Crippen LogP contribution in [0.25, 0.3) is 28.2 Å². The third-order valence-corrected chi connectivity index (χ3v) is 7.83. The maximum Gasteiger partial charge on any atom is 0.318 e. The zero-order chi connectivity index (χ0) is 33.1. The minimum absolute atomic E-state index is 0.00372. The van der Waals surface area contributed by atoms with E-state index in [0.29, 0.717) is 52.1 Å². The van der Waals surface area contributed by atoms with Crippen molar-refractivity contribution in [2.45, 2.75) is 39.5 Å². The van der Waals surface area contributed by atoms with Crippen LogP contribution in [0, 0.1) is 31.0 Å². The average molecular weight is 649 g/mol. The Hall–Kier alpha value is -4.96. The Bertz CT molecular complexity index is 1870. The molecule has 46 heavy (non-hydrogen) atoms. The number of rotatable bonds is 6. The molecular formula is C32H31ClF2N8O3. The highest BCUT2D eigenvalue weighted by molar-refractivity contribution is 6.32. The number of methoxy groups -OCH3 is 1. The first kappa shape index (κ1) is 32.4. The molecule has 1 amide bonds. The predicted molar refractivity (Wildman–Crippen MR) is 169 cm³/mol. The van der Waals surface area contributed by atoms with E-state index in [4.69, 9.17) is 21.6 Å². The topological polar surface area (TPSA) is 141 Å². The smallest absolute Gasteiger partial charge is 0.318 e. The van der Waals surface area contributed by atoms with Gasteiger partial charge >= 0.3 is 6.01 Å². The van der Waals surface area contributed by atoms with Crippen molar-refractivity contribution in [1.29, 1.82) is 5.26 Å². The molecule has 6 rings (SSSR count). The second-order valence-corrected chi connectivity index (χ2v) is 11.3. The largest absolute Gasteiger partial charge is 0.508 e. The highest BCUT2D eigenvalue weighted by Crippen LogP contribution is 2.49. The minimum atomic E-state index is -0.920. The summed E-state index contributed by atoms with van der Waals surface area (Å²) < 4.78 is 36.4. The lowest BCUT2D eigenvalue weighted by atomic mass is 9.98. The fraction of sp³-hybridized carbons (Fsp3) is 0.344. The maximum absolute atomic E-state index is 16.2. The second-order valence-electron chi connectivity index (χ2n) is 10.9. The monoisotopic (exact) mass is 648 g/mol. The van der Waals surface area contributed by atoms with Crippen molar-refractivity contribution in [1.82, 2.24) is 29.8 Å². The molecule has 1 saturated carbocycles. The lowest BCUT2D eigenvalue weighted by molar-refractivity contribution is -0.128. The second kappa shape index (κ2) is 13.6. The highest BCUT2D eigenvalue weighted by Gasteiger charge is 2.32. The van der Waals surface area contributed by atoms with Crippen molar-refractivity contribution < 1.29 is 23.4 Å². The number of carbonyl (C=O) groups excluding carboxylic acids is 1. The molecular weight excluding hydrogens is 618 g/mol. The van der Waals surface area contributed by atoms with Gasteiger partial charge < -0.3 is 19.6 Å². The molecule has 0 unspecified atom stereocenters. The van der Waals surface area contributed by atoms with Gasteiger partial charge in [-0.25, -0.2) is 18.7 Å². The normalized spacial score (nSPS) is 14.9. The van der Waals surface area contributed by atoms with Crippen LogP contribution in [0.4, 0.5) is 14.6 Å². The van der Waals surface area contributed by atoms with E-state index < -0.39 is 17.6 Å². The summed E-state index contributed by atoms with van der Waals surface area (Å²) in [5.41, 5.74) is 2.17. The molecule has 238 valence electrons. The van der Waals surface area contributed by atoms with Gasteiger partial charge in [0.2, 0.25) is 0 Å². The molecule has 0 radical (unpaired) electrons. The fourth-order valence-corrected chi connectivity index (χ4v) is 5.78. The minimum Gasteiger partial charge on any atom is -0.508 e. The van der Waals surface area contributed by atoms with Crippen LogP contribution in [-0.4, -0.2) is 74.1 Å². The Balaban J connectivity index is 0.00000134. The van der Waals surface area contributed by atoms with Gasteiger partial charge in [0, 0.05) is 61.7 Å². The number of nitrogens with zero attached hydrogens (tertiary/aromatic N) is 8. The number of aryl methyl sites for hydroxylation is 2. The SMILES string of the molecule is CC#N.COc1nc(N2CCN(C(=O)/C(F)=C/c3cc(C)nc(C)n3)CC2)c2cnc(-c3cc(O)cc(Cl)c3C3CC3)c(F)c2n1. The third kappa shape index (κ3) is 6.82. The number of hydrogen-bond acceptors (Lipinski definition) is 10. The quantitative estimate of drug-likeness (QED) is 0.260. The van der Waals surface area contributed by atoms with Gasteiger partial charge in [-0.1, -0.05) is 11.6 Å². The van der Waals surface area contributed by atoms with Gasteiger partial charge in [0.15, 0.2) is 11.6 Å². The summed E-state index contributed by atoms with van der Waals surface area (Å²) in [6.45, 7) is 5.92. The van der Waals surface area contributed by atoms with Gasteiger partial charge in [-0.2, -0.15) is 15.2 Å². The van der Waals surface area contributed by atoms with E-state index in [1.54, 1.807) is 26.0 Å². The molecule has 0 spiro atoms. The summed E-state index contributed by atoms with van der Waals surface area (Å²) in [6, 6.07) is 6.22. The first-order chi connectivity index (χ1) is 22.0. The molecule has 14 heteroatoms. The number of fused-ring (bicyclic) bond motifs is 1. The number of pyridine rings is 1. The summed E-state index contributed by atoms with van der Waals surface area (Å²) in [6.07, 6.45) is 4.43. The summed E-state index contributed by atoms with van der Waals surface area (Å²) >= 11 is 6.45. The predicted octanol–water partition coefficient (Wildman–Crippen LogP) is 5.67. The van der Waals surface area contributed by atoms with E-state index in [0.717, 1.165) is 24.5 Å². The van der Waals surface area contributed by atoms with Crippen molar-refractivity contribution in [3.63, 3.8) is 0 Å². The van der Waals surface area contributed by atoms with Crippen LogP contribution in [-0.2, 0) is 4.79 Å². The first-order valence-corrected chi connectivity index (χ1v) is 14.9. The molecule has 1 saturated heterocycles. The van der Waals surface area contributed by atoms with Crippen LogP contribution in [0.2, 0.25) is 5.02 Å². The fourth-order valence-electron chi connectivity index (χ4n) is 5.41. The molecule has 11 nitrogen and oxygen atoms in total. The van der Waals surface area contributed by atoms with Gasteiger partial charge in [0.1, 0.15) is 28.6 Å². The van der Waals surface area contributed by atoms with E-state index >= 15 is 4.39 Å². The molecule has 1 aromatic carbocycles. The number of amides is 1. The Labute approximate surface area is 269 Å². The lowest BCUT2D eigenvalue weighted by Gasteiger charge is -2.35. The molecule has 2 aliphatic rings. The van der Waals surface area contributed by atoms with Crippen molar-refractivity contribution >= 4 is 40.3 Å². The maximum atomic E-state index is 16.2. The summed E-state index contributed by atoms with van der Waals surface area (Å²) in [4.78, 5) is 37.7. The Morgan fingerprint density at radius 1 is 1.13 bits per heavy atom. The zero-order valence-electron chi connectivity index (χ0n) is 25.7. The molecule has 4 heterocycles. The van der Waals surface area contributed by atoms with Crippen LogP contribution in [0.15, 0.2) is 30.2 Å². The van der Waals surface area contributed by atoms with Gasteiger partial charge in [-0.05, 0) is 56.4 Å². The number of carbonyl (C=O) groups is 1. The molecule has 0 atom stereocenters. The summed E-state index contributed by atoms with van der Waals surface area (Å²) in [5, 5.41) is 18.3. The third-order valence-electron chi connectivity index (χ3n) is 7.51. The number of nitriles is 1. The van der Waals surface area contributed by atoms with Gasteiger partial charge in [-0.15, -0.1) is 0 Å². The van der Waals surface area contributed by atoms with Crippen LogP contribution in [0.1, 0.15) is 48.5 Å². The molecule has 1 aliphatic carbocycles. The van der Waals surface area contributed by atoms with E-state index in [1.807, 2.05) is 4.90 Å². The number of aromatic nitrogens is 5. The number of phenols is 1. The average Bonchev–Trinajstić information content (AvgIpc) is 3.85. The number of halogens is 3.